The van der Waals surface area contributed by atoms with Gasteiger partial charge in [-0.15, -0.1) is 0 Å². The Hall–Kier alpha value is -2.33. The molecule has 130 valence electrons. The maximum absolute atomic E-state index is 13.0. The van der Waals surface area contributed by atoms with Crippen LogP contribution in [-0.2, 0) is 6.42 Å². The van der Waals surface area contributed by atoms with Crippen molar-refractivity contribution < 1.29 is 14.6 Å². The van der Waals surface area contributed by atoms with Crippen molar-refractivity contribution in [1.82, 2.24) is 4.90 Å². The standard InChI is InChI=1S/C21H23NO3/c23-19(15-5-2-1-3-6-15)14-18-7-4-11-22(18)21(24)17-8-9-20-16(13-17)10-12-25-20/h1-3,5-6,8-9,13,18-19,23H,4,7,10-12,14H2. The fourth-order valence-electron chi connectivity index (χ4n) is 3.90. The number of rotatable bonds is 4. The summed E-state index contributed by atoms with van der Waals surface area (Å²) in [5.74, 6) is 0.964. The van der Waals surface area contributed by atoms with Crippen LogP contribution in [0.4, 0.5) is 0 Å². The molecule has 1 fully saturated rings. The second-order valence-electron chi connectivity index (χ2n) is 6.88. The monoisotopic (exact) mass is 337 g/mol. The first-order valence-corrected chi connectivity index (χ1v) is 9.02. The van der Waals surface area contributed by atoms with E-state index in [4.69, 9.17) is 4.74 Å². The Morgan fingerprint density at radius 2 is 2.08 bits per heavy atom. The van der Waals surface area contributed by atoms with E-state index >= 15 is 0 Å². The number of ether oxygens (including phenoxy) is 1. The quantitative estimate of drug-likeness (QED) is 0.931. The molecule has 2 aromatic rings. The smallest absolute Gasteiger partial charge is 0.254 e. The van der Waals surface area contributed by atoms with Crippen LogP contribution in [0.1, 0.15) is 46.9 Å². The van der Waals surface area contributed by atoms with Gasteiger partial charge >= 0.3 is 0 Å². The number of likely N-dealkylation sites (tertiary alicyclic amines) is 1. The number of aliphatic hydroxyl groups is 1. The lowest BCUT2D eigenvalue weighted by atomic mass is 10.00. The predicted molar refractivity (Wildman–Crippen MR) is 95.7 cm³/mol. The van der Waals surface area contributed by atoms with Crippen molar-refractivity contribution in [3.05, 3.63) is 65.2 Å². The minimum Gasteiger partial charge on any atom is -0.493 e. The van der Waals surface area contributed by atoms with Crippen LogP contribution in [0.3, 0.4) is 0 Å². The molecular weight excluding hydrogens is 314 g/mol. The lowest BCUT2D eigenvalue weighted by molar-refractivity contribution is 0.0667. The summed E-state index contributed by atoms with van der Waals surface area (Å²) in [7, 11) is 0. The molecule has 0 saturated carbocycles. The average molecular weight is 337 g/mol. The number of benzene rings is 2. The van der Waals surface area contributed by atoms with Crippen LogP contribution < -0.4 is 4.74 Å². The van der Waals surface area contributed by atoms with E-state index in [0.717, 1.165) is 48.2 Å². The third-order valence-electron chi connectivity index (χ3n) is 5.25. The average Bonchev–Trinajstić information content (AvgIpc) is 3.30. The van der Waals surface area contributed by atoms with Crippen LogP contribution in [0.5, 0.6) is 5.75 Å². The summed E-state index contributed by atoms with van der Waals surface area (Å²) in [6.45, 7) is 1.46. The minimum absolute atomic E-state index is 0.0671. The van der Waals surface area contributed by atoms with Crippen LogP contribution in [0, 0.1) is 0 Å². The summed E-state index contributed by atoms with van der Waals surface area (Å²) in [6, 6.07) is 15.5. The van der Waals surface area contributed by atoms with Crippen molar-refractivity contribution in [2.24, 2.45) is 0 Å². The van der Waals surface area contributed by atoms with Gasteiger partial charge in [0.05, 0.1) is 12.7 Å². The van der Waals surface area contributed by atoms with E-state index in [1.807, 2.05) is 53.4 Å². The van der Waals surface area contributed by atoms with Crippen molar-refractivity contribution in [3.8, 4) is 5.75 Å². The van der Waals surface area contributed by atoms with Crippen LogP contribution in [0.15, 0.2) is 48.5 Å². The molecule has 0 spiro atoms. The first kappa shape index (κ1) is 16.2. The molecule has 0 aliphatic carbocycles. The zero-order valence-corrected chi connectivity index (χ0v) is 14.2. The van der Waals surface area contributed by atoms with Gasteiger partial charge in [-0.05, 0) is 48.6 Å². The van der Waals surface area contributed by atoms with Gasteiger partial charge in [0.2, 0.25) is 0 Å². The lowest BCUT2D eigenvalue weighted by Gasteiger charge is -2.27. The number of hydrogen-bond acceptors (Lipinski definition) is 3. The zero-order chi connectivity index (χ0) is 17.2. The molecule has 1 amide bonds. The highest BCUT2D eigenvalue weighted by Crippen LogP contribution is 2.30. The maximum atomic E-state index is 13.0. The number of aliphatic hydroxyl groups excluding tert-OH is 1. The summed E-state index contributed by atoms with van der Waals surface area (Å²) in [5.41, 5.74) is 2.76. The van der Waals surface area contributed by atoms with E-state index in [1.165, 1.54) is 0 Å². The molecule has 2 unspecified atom stereocenters. The summed E-state index contributed by atoms with van der Waals surface area (Å²) in [6.07, 6.45) is 2.86. The van der Waals surface area contributed by atoms with Gasteiger partial charge in [-0.2, -0.15) is 0 Å². The van der Waals surface area contributed by atoms with Crippen molar-refractivity contribution in [1.29, 1.82) is 0 Å². The van der Waals surface area contributed by atoms with E-state index < -0.39 is 6.10 Å². The van der Waals surface area contributed by atoms with E-state index in [1.54, 1.807) is 0 Å². The number of amides is 1. The second kappa shape index (κ2) is 6.89. The fourth-order valence-corrected chi connectivity index (χ4v) is 3.90. The molecule has 0 radical (unpaired) electrons. The Kier molecular flexibility index (Phi) is 4.45. The Morgan fingerprint density at radius 1 is 1.24 bits per heavy atom. The number of nitrogens with zero attached hydrogens (tertiary/aromatic N) is 1. The van der Waals surface area contributed by atoms with Crippen molar-refractivity contribution in [2.45, 2.75) is 37.8 Å². The molecule has 2 aliphatic heterocycles. The molecule has 2 heterocycles. The molecule has 25 heavy (non-hydrogen) atoms. The van der Waals surface area contributed by atoms with Gasteiger partial charge in [-0.1, -0.05) is 30.3 Å². The molecule has 4 nitrogen and oxygen atoms in total. The Morgan fingerprint density at radius 3 is 2.92 bits per heavy atom. The number of fused-ring (bicyclic) bond motifs is 1. The molecule has 1 saturated heterocycles. The highest BCUT2D eigenvalue weighted by Gasteiger charge is 2.31. The second-order valence-corrected chi connectivity index (χ2v) is 6.88. The van der Waals surface area contributed by atoms with E-state index in [9.17, 15) is 9.90 Å². The van der Waals surface area contributed by atoms with Crippen molar-refractivity contribution >= 4 is 5.91 Å². The number of hydrogen-bond donors (Lipinski definition) is 1. The van der Waals surface area contributed by atoms with Crippen LogP contribution in [0.2, 0.25) is 0 Å². The molecule has 2 atom stereocenters. The third kappa shape index (κ3) is 3.27. The maximum Gasteiger partial charge on any atom is 0.254 e. The van der Waals surface area contributed by atoms with Gasteiger partial charge in [-0.3, -0.25) is 4.79 Å². The fraction of sp³-hybridized carbons (Fsp3) is 0.381. The molecule has 0 aromatic heterocycles. The van der Waals surface area contributed by atoms with Gasteiger partial charge in [0.25, 0.3) is 5.91 Å². The first-order valence-electron chi connectivity index (χ1n) is 9.02. The largest absolute Gasteiger partial charge is 0.493 e. The van der Waals surface area contributed by atoms with Gasteiger partial charge in [0, 0.05) is 24.6 Å². The van der Waals surface area contributed by atoms with Crippen LogP contribution in [-0.4, -0.2) is 35.1 Å². The third-order valence-corrected chi connectivity index (χ3v) is 5.25. The summed E-state index contributed by atoms with van der Waals surface area (Å²) in [5, 5.41) is 10.5. The summed E-state index contributed by atoms with van der Waals surface area (Å²) in [4.78, 5) is 14.9. The molecule has 2 aromatic carbocycles. The lowest BCUT2D eigenvalue weighted by Crippen LogP contribution is -2.36. The summed E-state index contributed by atoms with van der Waals surface area (Å²) < 4.78 is 5.52. The zero-order valence-electron chi connectivity index (χ0n) is 14.2. The molecule has 4 heteroatoms. The Labute approximate surface area is 148 Å². The molecule has 4 rings (SSSR count). The van der Waals surface area contributed by atoms with Crippen LogP contribution >= 0.6 is 0 Å². The van der Waals surface area contributed by atoms with Gasteiger partial charge in [0.15, 0.2) is 0 Å². The van der Waals surface area contributed by atoms with Crippen LogP contribution in [0.25, 0.3) is 0 Å². The van der Waals surface area contributed by atoms with Gasteiger partial charge in [-0.25, -0.2) is 0 Å². The van der Waals surface area contributed by atoms with E-state index in [0.29, 0.717) is 13.0 Å². The highest BCUT2D eigenvalue weighted by atomic mass is 16.5. The first-order chi connectivity index (χ1) is 12.2. The normalized spacial score (nSPS) is 20.2. The Balaban J connectivity index is 1.48. The number of carbonyl (C=O) groups excluding carboxylic acids is 1. The summed E-state index contributed by atoms with van der Waals surface area (Å²) >= 11 is 0. The highest BCUT2D eigenvalue weighted by molar-refractivity contribution is 5.95. The van der Waals surface area contributed by atoms with Crippen molar-refractivity contribution in [2.75, 3.05) is 13.2 Å². The topological polar surface area (TPSA) is 49.8 Å². The number of carbonyl (C=O) groups is 1. The van der Waals surface area contributed by atoms with E-state index in [-0.39, 0.29) is 11.9 Å². The minimum atomic E-state index is -0.534. The Bertz CT molecular complexity index is 759. The molecule has 1 N–H and O–H groups in total. The van der Waals surface area contributed by atoms with E-state index in [2.05, 4.69) is 0 Å². The molecule has 0 bridgehead atoms. The predicted octanol–water partition coefficient (Wildman–Crippen LogP) is 3.35. The molecule has 2 aliphatic rings. The van der Waals surface area contributed by atoms with Gasteiger partial charge in [0.1, 0.15) is 5.75 Å². The SMILES string of the molecule is O=C(c1ccc2c(c1)CCO2)N1CCCC1CC(O)c1ccccc1. The van der Waals surface area contributed by atoms with Gasteiger partial charge < -0.3 is 14.7 Å². The molecular formula is C21H23NO3. The van der Waals surface area contributed by atoms with Crippen molar-refractivity contribution in [3.63, 3.8) is 0 Å².